The van der Waals surface area contributed by atoms with Crippen LogP contribution in [0.2, 0.25) is 5.15 Å². The van der Waals surface area contributed by atoms with Crippen molar-refractivity contribution in [2.45, 2.75) is 11.1 Å². The molecular weight excluding hydrogens is 326 g/mol. The Morgan fingerprint density at radius 1 is 1.40 bits per heavy atom. The molecule has 10 heteroatoms. The maximum atomic E-state index is 12.1. The van der Waals surface area contributed by atoms with Gasteiger partial charge in [0.05, 0.1) is 0 Å². The van der Waals surface area contributed by atoms with E-state index in [1.54, 1.807) is 0 Å². The zero-order valence-electron chi connectivity index (χ0n) is 9.99. The molecule has 2 rings (SSSR count). The van der Waals surface area contributed by atoms with E-state index >= 15 is 0 Å². The molecule has 2 aromatic rings. The standard InChI is InChI=1S/C10H8ClN3O4S2/c1-5-4-8(19-9(5)10(15)16)20(17,18)14-7-3-2-6(11)12-13-7/h2-4H,1H3,(H,13,14)(H,15,16). The molecule has 0 amide bonds. The quantitative estimate of drug-likeness (QED) is 0.885. The first-order valence-electron chi connectivity index (χ1n) is 5.15. The van der Waals surface area contributed by atoms with E-state index in [1.807, 2.05) is 0 Å². The molecule has 106 valence electrons. The Morgan fingerprint density at radius 2 is 2.10 bits per heavy atom. The van der Waals surface area contributed by atoms with Gasteiger partial charge in [0.1, 0.15) is 9.09 Å². The summed E-state index contributed by atoms with van der Waals surface area (Å²) in [7, 11) is -3.90. The third-order valence-corrected chi connectivity index (χ3v) is 5.48. The lowest BCUT2D eigenvalue weighted by molar-refractivity contribution is 0.0701. The van der Waals surface area contributed by atoms with E-state index in [9.17, 15) is 13.2 Å². The molecule has 0 saturated heterocycles. The second-order valence-electron chi connectivity index (χ2n) is 3.73. The van der Waals surface area contributed by atoms with Crippen LogP contribution in [-0.2, 0) is 10.0 Å². The molecule has 0 fully saturated rings. The molecule has 0 atom stereocenters. The summed E-state index contributed by atoms with van der Waals surface area (Å²) in [5, 5.41) is 16.1. The van der Waals surface area contributed by atoms with Crippen molar-refractivity contribution < 1.29 is 18.3 Å². The molecule has 2 N–H and O–H groups in total. The maximum Gasteiger partial charge on any atom is 0.346 e. The summed E-state index contributed by atoms with van der Waals surface area (Å²) < 4.78 is 26.3. The van der Waals surface area contributed by atoms with Crippen molar-refractivity contribution in [2.24, 2.45) is 0 Å². The molecule has 0 aromatic carbocycles. The number of halogens is 1. The van der Waals surface area contributed by atoms with Crippen LogP contribution in [0.15, 0.2) is 22.4 Å². The van der Waals surface area contributed by atoms with Crippen molar-refractivity contribution in [3.8, 4) is 0 Å². The molecule has 2 aromatic heterocycles. The van der Waals surface area contributed by atoms with Crippen molar-refractivity contribution in [3.63, 3.8) is 0 Å². The van der Waals surface area contributed by atoms with Crippen LogP contribution in [0.25, 0.3) is 0 Å². The number of aromatic nitrogens is 2. The predicted molar refractivity (Wildman–Crippen MR) is 73.9 cm³/mol. The first-order valence-corrected chi connectivity index (χ1v) is 7.83. The molecule has 0 bridgehead atoms. The number of thiophene rings is 1. The average Bonchev–Trinajstić information content (AvgIpc) is 2.75. The van der Waals surface area contributed by atoms with Crippen LogP contribution in [0.3, 0.4) is 0 Å². The van der Waals surface area contributed by atoms with E-state index in [0.717, 1.165) is 0 Å². The van der Waals surface area contributed by atoms with Gasteiger partial charge in [0, 0.05) is 0 Å². The SMILES string of the molecule is Cc1cc(S(=O)(=O)Nc2ccc(Cl)nn2)sc1C(=O)O. The van der Waals surface area contributed by atoms with Crippen LogP contribution in [0.1, 0.15) is 15.2 Å². The van der Waals surface area contributed by atoms with Crippen LogP contribution < -0.4 is 4.72 Å². The van der Waals surface area contributed by atoms with E-state index in [0.29, 0.717) is 16.9 Å². The van der Waals surface area contributed by atoms with Gasteiger partial charge in [-0.25, -0.2) is 13.2 Å². The number of nitrogens with zero attached hydrogens (tertiary/aromatic N) is 2. The van der Waals surface area contributed by atoms with Crippen molar-refractivity contribution >= 4 is 44.7 Å². The fraction of sp³-hybridized carbons (Fsp3) is 0.100. The fourth-order valence-electron chi connectivity index (χ4n) is 1.36. The molecule has 0 radical (unpaired) electrons. The summed E-state index contributed by atoms with van der Waals surface area (Å²) in [6, 6.07) is 4.03. The van der Waals surface area contributed by atoms with Gasteiger partial charge >= 0.3 is 5.97 Å². The van der Waals surface area contributed by atoms with Gasteiger partial charge < -0.3 is 5.11 Å². The summed E-state index contributed by atoms with van der Waals surface area (Å²) in [6.45, 7) is 1.53. The third-order valence-electron chi connectivity index (χ3n) is 2.23. The van der Waals surface area contributed by atoms with E-state index in [1.165, 1.54) is 25.1 Å². The number of sulfonamides is 1. The zero-order valence-corrected chi connectivity index (χ0v) is 12.4. The summed E-state index contributed by atoms with van der Waals surface area (Å²) in [5.74, 6) is -1.17. The third kappa shape index (κ3) is 3.06. The Labute approximate surface area is 123 Å². The smallest absolute Gasteiger partial charge is 0.346 e. The molecular formula is C10H8ClN3O4S2. The summed E-state index contributed by atoms with van der Waals surface area (Å²) in [6.07, 6.45) is 0. The van der Waals surface area contributed by atoms with Gasteiger partial charge in [-0.15, -0.1) is 21.5 Å². The molecule has 7 nitrogen and oxygen atoms in total. The predicted octanol–water partition coefficient (Wildman–Crippen LogP) is 2.00. The minimum Gasteiger partial charge on any atom is -0.477 e. The van der Waals surface area contributed by atoms with Crippen LogP contribution in [-0.4, -0.2) is 29.7 Å². The van der Waals surface area contributed by atoms with Gasteiger partial charge in [0.2, 0.25) is 0 Å². The van der Waals surface area contributed by atoms with E-state index in [2.05, 4.69) is 14.9 Å². The molecule has 0 saturated carbocycles. The highest BCUT2D eigenvalue weighted by Crippen LogP contribution is 2.27. The number of carboxylic acid groups (broad SMARTS) is 1. The van der Waals surface area contributed by atoms with Gasteiger partial charge in [-0.05, 0) is 30.7 Å². The fourth-order valence-corrected chi connectivity index (χ4v) is 3.83. The van der Waals surface area contributed by atoms with Crippen molar-refractivity contribution in [3.05, 3.63) is 33.8 Å². The number of rotatable bonds is 4. The monoisotopic (exact) mass is 333 g/mol. The molecule has 2 heterocycles. The Balaban J connectivity index is 2.33. The van der Waals surface area contributed by atoms with Gasteiger partial charge in [-0.3, -0.25) is 4.72 Å². The molecule has 0 spiro atoms. The normalized spacial score (nSPS) is 11.3. The van der Waals surface area contributed by atoms with Gasteiger partial charge in [0.15, 0.2) is 11.0 Å². The first kappa shape index (κ1) is 14.7. The second kappa shape index (κ2) is 5.35. The molecule has 20 heavy (non-hydrogen) atoms. The van der Waals surface area contributed by atoms with Crippen LogP contribution >= 0.6 is 22.9 Å². The number of aromatic carboxylic acids is 1. The topological polar surface area (TPSA) is 109 Å². The van der Waals surface area contributed by atoms with E-state index in [-0.39, 0.29) is 20.1 Å². The second-order valence-corrected chi connectivity index (χ2v) is 7.08. The highest BCUT2D eigenvalue weighted by Gasteiger charge is 2.22. The van der Waals surface area contributed by atoms with Gasteiger partial charge in [0.25, 0.3) is 10.0 Å². The number of carbonyl (C=O) groups is 1. The number of anilines is 1. The highest BCUT2D eigenvalue weighted by atomic mass is 35.5. The van der Waals surface area contributed by atoms with Crippen LogP contribution in [0.5, 0.6) is 0 Å². The minimum atomic E-state index is -3.90. The molecule has 0 aliphatic heterocycles. The lowest BCUT2D eigenvalue weighted by atomic mass is 10.3. The molecule has 0 unspecified atom stereocenters. The maximum absolute atomic E-state index is 12.1. The van der Waals surface area contributed by atoms with Crippen LogP contribution in [0.4, 0.5) is 5.82 Å². The zero-order chi connectivity index (χ0) is 14.9. The number of nitrogens with one attached hydrogen (secondary N) is 1. The van der Waals surface area contributed by atoms with Crippen LogP contribution in [0, 0.1) is 6.92 Å². The summed E-state index contributed by atoms with van der Waals surface area (Å²) in [4.78, 5) is 10.9. The van der Waals surface area contributed by atoms with E-state index in [4.69, 9.17) is 16.7 Å². The number of hydrogen-bond donors (Lipinski definition) is 2. The number of carboxylic acids is 1. The Hall–Kier alpha value is -1.71. The summed E-state index contributed by atoms with van der Waals surface area (Å²) in [5.41, 5.74) is 0.380. The molecule has 0 aliphatic rings. The van der Waals surface area contributed by atoms with Crippen molar-refractivity contribution in [1.29, 1.82) is 0 Å². The first-order chi connectivity index (χ1) is 9.29. The lowest BCUT2D eigenvalue weighted by Crippen LogP contribution is -2.12. The van der Waals surface area contributed by atoms with Crippen molar-refractivity contribution in [1.82, 2.24) is 10.2 Å². The van der Waals surface area contributed by atoms with Gasteiger partial charge in [-0.2, -0.15) is 0 Å². The Bertz CT molecular complexity index is 755. The Kier molecular flexibility index (Phi) is 3.93. The number of hydrogen-bond acceptors (Lipinski definition) is 6. The summed E-state index contributed by atoms with van der Waals surface area (Å²) >= 11 is 6.22. The molecule has 0 aliphatic carbocycles. The average molecular weight is 334 g/mol. The lowest BCUT2D eigenvalue weighted by Gasteiger charge is -2.03. The number of aryl methyl sites for hydroxylation is 1. The Morgan fingerprint density at radius 3 is 2.60 bits per heavy atom. The minimum absolute atomic E-state index is 0.00247. The highest BCUT2D eigenvalue weighted by molar-refractivity contribution is 7.94. The van der Waals surface area contributed by atoms with Crippen molar-refractivity contribution in [2.75, 3.05) is 4.72 Å². The van der Waals surface area contributed by atoms with E-state index < -0.39 is 16.0 Å². The van der Waals surface area contributed by atoms with Gasteiger partial charge in [-0.1, -0.05) is 11.6 Å². The largest absolute Gasteiger partial charge is 0.477 e.